The SMILES string of the molecule is CC(C)Cc1c(C(=O)[C@@H]2CCCN2)ccnc1OCC(N)=O. The van der Waals surface area contributed by atoms with Gasteiger partial charge in [0.25, 0.3) is 5.91 Å². The molecule has 6 heteroatoms. The van der Waals surface area contributed by atoms with Crippen molar-refractivity contribution in [2.75, 3.05) is 13.2 Å². The summed E-state index contributed by atoms with van der Waals surface area (Å²) in [6, 6.07) is 1.59. The summed E-state index contributed by atoms with van der Waals surface area (Å²) in [5.41, 5.74) is 6.51. The molecule has 1 saturated heterocycles. The molecule has 0 aromatic carbocycles. The van der Waals surface area contributed by atoms with Crippen molar-refractivity contribution in [1.29, 1.82) is 0 Å². The van der Waals surface area contributed by atoms with Gasteiger partial charge in [-0.05, 0) is 37.8 Å². The zero-order valence-electron chi connectivity index (χ0n) is 13.1. The Labute approximate surface area is 130 Å². The van der Waals surface area contributed by atoms with E-state index in [2.05, 4.69) is 24.1 Å². The van der Waals surface area contributed by atoms with Crippen LogP contribution in [0.3, 0.4) is 0 Å². The smallest absolute Gasteiger partial charge is 0.255 e. The highest BCUT2D eigenvalue weighted by Gasteiger charge is 2.27. The van der Waals surface area contributed by atoms with E-state index < -0.39 is 5.91 Å². The van der Waals surface area contributed by atoms with Crippen molar-refractivity contribution in [2.45, 2.75) is 39.2 Å². The van der Waals surface area contributed by atoms with Crippen molar-refractivity contribution >= 4 is 11.7 Å². The highest BCUT2D eigenvalue weighted by Crippen LogP contribution is 2.25. The summed E-state index contributed by atoms with van der Waals surface area (Å²) >= 11 is 0. The lowest BCUT2D eigenvalue weighted by atomic mass is 9.94. The molecule has 2 heterocycles. The number of primary amides is 1. The minimum absolute atomic E-state index is 0.0690. The molecule has 2 rings (SSSR count). The summed E-state index contributed by atoms with van der Waals surface area (Å²) in [4.78, 5) is 27.8. The Balaban J connectivity index is 2.32. The predicted octanol–water partition coefficient (Wildman–Crippen LogP) is 1.08. The van der Waals surface area contributed by atoms with E-state index in [-0.39, 0.29) is 18.4 Å². The lowest BCUT2D eigenvalue weighted by molar-refractivity contribution is -0.120. The highest BCUT2D eigenvalue weighted by molar-refractivity contribution is 6.01. The summed E-state index contributed by atoms with van der Waals surface area (Å²) in [5.74, 6) is 0.172. The van der Waals surface area contributed by atoms with Crippen LogP contribution < -0.4 is 15.8 Å². The molecule has 1 aliphatic heterocycles. The molecule has 1 aliphatic rings. The van der Waals surface area contributed by atoms with Crippen LogP contribution in [-0.4, -0.2) is 35.9 Å². The number of carbonyl (C=O) groups is 2. The minimum Gasteiger partial charge on any atom is -0.467 e. The molecule has 1 atom stereocenters. The predicted molar refractivity (Wildman–Crippen MR) is 82.8 cm³/mol. The van der Waals surface area contributed by atoms with Gasteiger partial charge in [-0.3, -0.25) is 9.59 Å². The maximum Gasteiger partial charge on any atom is 0.255 e. The average molecular weight is 305 g/mol. The molecule has 1 fully saturated rings. The summed E-state index contributed by atoms with van der Waals surface area (Å²) < 4.78 is 5.39. The number of hydrogen-bond donors (Lipinski definition) is 2. The molecule has 1 aromatic rings. The van der Waals surface area contributed by atoms with Crippen LogP contribution in [0.1, 0.15) is 42.6 Å². The fourth-order valence-electron chi connectivity index (χ4n) is 2.67. The number of Topliss-reactive ketones (excluding diaryl/α,β-unsaturated/α-hetero) is 1. The molecule has 0 spiro atoms. The number of pyridine rings is 1. The molecule has 6 nitrogen and oxygen atoms in total. The van der Waals surface area contributed by atoms with Crippen molar-refractivity contribution in [2.24, 2.45) is 11.7 Å². The maximum absolute atomic E-state index is 12.7. The molecule has 120 valence electrons. The van der Waals surface area contributed by atoms with Crippen molar-refractivity contribution in [3.05, 3.63) is 23.4 Å². The number of aromatic nitrogens is 1. The Morgan fingerprint density at radius 1 is 1.50 bits per heavy atom. The van der Waals surface area contributed by atoms with Crippen LogP contribution in [-0.2, 0) is 11.2 Å². The summed E-state index contributed by atoms with van der Waals surface area (Å²) in [6.45, 7) is 4.75. The number of nitrogens with zero attached hydrogens (tertiary/aromatic N) is 1. The average Bonchev–Trinajstić information content (AvgIpc) is 2.98. The fraction of sp³-hybridized carbons (Fsp3) is 0.562. The van der Waals surface area contributed by atoms with Crippen LogP contribution in [0.4, 0.5) is 0 Å². The van der Waals surface area contributed by atoms with Crippen molar-refractivity contribution in [3.8, 4) is 5.88 Å². The molecule has 0 saturated carbocycles. The standard InChI is InChI=1S/C16H23N3O3/c1-10(2)8-12-11(15(21)13-4-3-6-18-13)5-7-19-16(12)22-9-14(17)20/h5,7,10,13,18H,3-4,6,8-9H2,1-2H3,(H2,17,20)/t13-/m0/s1. The molecule has 22 heavy (non-hydrogen) atoms. The number of nitrogens with one attached hydrogen (secondary N) is 1. The number of carbonyl (C=O) groups excluding carboxylic acids is 2. The number of ether oxygens (including phenoxy) is 1. The Morgan fingerprint density at radius 2 is 2.27 bits per heavy atom. The third kappa shape index (κ3) is 4.04. The van der Waals surface area contributed by atoms with Gasteiger partial charge in [-0.15, -0.1) is 0 Å². The van der Waals surface area contributed by atoms with E-state index >= 15 is 0 Å². The molecule has 0 unspecified atom stereocenters. The van der Waals surface area contributed by atoms with Crippen molar-refractivity contribution < 1.29 is 14.3 Å². The van der Waals surface area contributed by atoms with Gasteiger partial charge in [-0.1, -0.05) is 13.8 Å². The van der Waals surface area contributed by atoms with E-state index in [0.29, 0.717) is 23.8 Å². The second-order valence-electron chi connectivity index (χ2n) is 6.01. The van der Waals surface area contributed by atoms with Crippen LogP contribution in [0.2, 0.25) is 0 Å². The quantitative estimate of drug-likeness (QED) is 0.735. The van der Waals surface area contributed by atoms with Crippen LogP contribution in [0.5, 0.6) is 5.88 Å². The zero-order valence-corrected chi connectivity index (χ0v) is 13.1. The Morgan fingerprint density at radius 3 is 2.86 bits per heavy atom. The zero-order chi connectivity index (χ0) is 16.1. The van der Waals surface area contributed by atoms with E-state index in [1.54, 1.807) is 12.3 Å². The van der Waals surface area contributed by atoms with Crippen molar-refractivity contribution in [1.82, 2.24) is 10.3 Å². The largest absolute Gasteiger partial charge is 0.467 e. The van der Waals surface area contributed by atoms with E-state index in [1.165, 1.54) is 0 Å². The number of rotatable bonds is 7. The molecular formula is C16H23N3O3. The van der Waals surface area contributed by atoms with Gasteiger partial charge in [0, 0.05) is 17.3 Å². The first-order valence-electron chi connectivity index (χ1n) is 7.65. The second-order valence-corrected chi connectivity index (χ2v) is 6.01. The lowest BCUT2D eigenvalue weighted by Crippen LogP contribution is -2.31. The van der Waals surface area contributed by atoms with E-state index in [9.17, 15) is 9.59 Å². The first kappa shape index (κ1) is 16.4. The first-order valence-corrected chi connectivity index (χ1v) is 7.65. The van der Waals surface area contributed by atoms with Gasteiger partial charge in [0.15, 0.2) is 12.4 Å². The number of ketones is 1. The monoisotopic (exact) mass is 305 g/mol. The van der Waals surface area contributed by atoms with Crippen LogP contribution in [0, 0.1) is 5.92 Å². The Kier molecular flexibility index (Phi) is 5.49. The molecule has 3 N–H and O–H groups in total. The third-order valence-corrected chi connectivity index (χ3v) is 3.62. The molecule has 0 radical (unpaired) electrons. The van der Waals surface area contributed by atoms with E-state index in [4.69, 9.17) is 10.5 Å². The Hall–Kier alpha value is -1.95. The second kappa shape index (κ2) is 7.35. The normalized spacial score (nSPS) is 17.7. The molecule has 0 aliphatic carbocycles. The first-order chi connectivity index (χ1) is 10.5. The maximum atomic E-state index is 12.7. The van der Waals surface area contributed by atoms with Gasteiger partial charge in [0.05, 0.1) is 6.04 Å². The minimum atomic E-state index is -0.563. The molecule has 0 bridgehead atoms. The number of nitrogens with two attached hydrogens (primary N) is 1. The van der Waals surface area contributed by atoms with Gasteiger partial charge < -0.3 is 15.8 Å². The molecular weight excluding hydrogens is 282 g/mol. The van der Waals surface area contributed by atoms with Gasteiger partial charge in [0.1, 0.15) is 0 Å². The van der Waals surface area contributed by atoms with E-state index in [1.807, 2.05) is 0 Å². The lowest BCUT2D eigenvalue weighted by Gasteiger charge is -2.17. The van der Waals surface area contributed by atoms with Crippen LogP contribution in [0.25, 0.3) is 0 Å². The van der Waals surface area contributed by atoms with Gasteiger partial charge >= 0.3 is 0 Å². The number of amides is 1. The van der Waals surface area contributed by atoms with Gasteiger partial charge in [-0.2, -0.15) is 0 Å². The fourth-order valence-corrected chi connectivity index (χ4v) is 2.67. The topological polar surface area (TPSA) is 94.3 Å². The Bertz CT molecular complexity index is 552. The summed E-state index contributed by atoms with van der Waals surface area (Å²) in [6.07, 6.45) is 4.06. The number of hydrogen-bond acceptors (Lipinski definition) is 5. The molecule has 1 aromatic heterocycles. The summed E-state index contributed by atoms with van der Waals surface area (Å²) in [7, 11) is 0. The van der Waals surface area contributed by atoms with E-state index in [0.717, 1.165) is 24.9 Å². The van der Waals surface area contributed by atoms with Crippen LogP contribution >= 0.6 is 0 Å². The van der Waals surface area contributed by atoms with Gasteiger partial charge in [-0.25, -0.2) is 4.98 Å². The highest BCUT2D eigenvalue weighted by atomic mass is 16.5. The summed E-state index contributed by atoms with van der Waals surface area (Å²) in [5, 5.41) is 3.22. The van der Waals surface area contributed by atoms with Gasteiger partial charge in [0.2, 0.25) is 5.88 Å². The van der Waals surface area contributed by atoms with Crippen LogP contribution in [0.15, 0.2) is 12.3 Å². The van der Waals surface area contributed by atoms with Crippen molar-refractivity contribution in [3.63, 3.8) is 0 Å². The molecule has 1 amide bonds. The third-order valence-electron chi connectivity index (χ3n) is 3.62.